The topological polar surface area (TPSA) is 43.4 Å². The van der Waals surface area contributed by atoms with E-state index in [9.17, 15) is 0 Å². The van der Waals surface area contributed by atoms with Crippen LogP contribution in [0.1, 0.15) is 57.6 Å². The molecule has 2 fully saturated rings. The highest BCUT2D eigenvalue weighted by molar-refractivity contribution is 8.14. The lowest BCUT2D eigenvalue weighted by atomic mass is 10.1. The summed E-state index contributed by atoms with van der Waals surface area (Å²) in [4.78, 5) is 11.5. The predicted molar refractivity (Wildman–Crippen MR) is 122 cm³/mol. The van der Waals surface area contributed by atoms with E-state index in [1.165, 1.54) is 85.4 Å². The highest BCUT2D eigenvalue weighted by Gasteiger charge is 2.29. The van der Waals surface area contributed by atoms with Crippen molar-refractivity contribution < 1.29 is 0 Å². The van der Waals surface area contributed by atoms with Gasteiger partial charge >= 0.3 is 0 Å². The molecule has 2 atom stereocenters. The number of aliphatic imine (C=N–C) groups is 1. The van der Waals surface area contributed by atoms with E-state index in [0.29, 0.717) is 18.1 Å². The van der Waals surface area contributed by atoms with Crippen LogP contribution in [0.3, 0.4) is 0 Å². The SMILES string of the molecule is CC([C@@H]1CSC(c2cc3cccc(NC4CCCC4)c3[nH]2)=N1)N1CCCCC1. The van der Waals surface area contributed by atoms with E-state index in [4.69, 9.17) is 4.99 Å². The van der Waals surface area contributed by atoms with Gasteiger partial charge in [0, 0.05) is 23.2 Å². The highest BCUT2D eigenvalue weighted by Crippen LogP contribution is 2.32. The number of aromatic amines is 1. The molecule has 0 amide bonds. The average Bonchev–Trinajstić information content (AvgIpc) is 3.48. The van der Waals surface area contributed by atoms with E-state index < -0.39 is 0 Å². The van der Waals surface area contributed by atoms with Gasteiger partial charge in [0.2, 0.25) is 0 Å². The van der Waals surface area contributed by atoms with E-state index >= 15 is 0 Å². The highest BCUT2D eigenvalue weighted by atomic mass is 32.2. The monoisotopic (exact) mass is 396 g/mol. The summed E-state index contributed by atoms with van der Waals surface area (Å²) < 4.78 is 0. The van der Waals surface area contributed by atoms with Gasteiger partial charge in [-0.15, -0.1) is 11.8 Å². The van der Waals surface area contributed by atoms with Crippen LogP contribution in [0.2, 0.25) is 0 Å². The zero-order chi connectivity index (χ0) is 18.9. The first-order valence-electron chi connectivity index (χ1n) is 11.1. The molecule has 2 N–H and O–H groups in total. The minimum Gasteiger partial charge on any atom is -0.381 e. The molecule has 1 aromatic heterocycles. The molecule has 3 aliphatic rings. The van der Waals surface area contributed by atoms with Crippen molar-refractivity contribution in [2.45, 2.75) is 70.0 Å². The molecule has 1 aliphatic carbocycles. The van der Waals surface area contributed by atoms with Gasteiger partial charge in [0.05, 0.1) is 22.9 Å². The van der Waals surface area contributed by atoms with Crippen LogP contribution in [0.25, 0.3) is 10.9 Å². The van der Waals surface area contributed by atoms with E-state index in [1.54, 1.807) is 0 Å². The summed E-state index contributed by atoms with van der Waals surface area (Å²) in [5.41, 5.74) is 3.67. The van der Waals surface area contributed by atoms with Crippen molar-refractivity contribution in [3.05, 3.63) is 30.0 Å². The number of hydrogen-bond donors (Lipinski definition) is 2. The molecule has 28 heavy (non-hydrogen) atoms. The molecule has 1 aromatic carbocycles. The number of anilines is 1. The Balaban J connectivity index is 1.35. The number of para-hydroxylation sites is 1. The molecular formula is C23H32N4S. The van der Waals surface area contributed by atoms with Gasteiger partial charge < -0.3 is 10.3 Å². The van der Waals surface area contributed by atoms with Crippen LogP contribution >= 0.6 is 11.8 Å². The first-order valence-corrected chi connectivity index (χ1v) is 12.1. The number of thioether (sulfide) groups is 1. The van der Waals surface area contributed by atoms with Crippen molar-refractivity contribution in [1.29, 1.82) is 0 Å². The molecule has 0 bridgehead atoms. The standard InChI is InChI=1S/C23H32N4S/c1-16(27-12-5-2-6-13-27)21-15-28-23(26-21)20-14-17-8-7-11-19(22(17)25-20)24-18-9-3-4-10-18/h7-8,11,14,16,18,21,24-25H,2-6,9-10,12-13,15H2,1H3/t16?,21-/m0/s1. The fraction of sp³-hybridized carbons (Fsp3) is 0.609. The molecule has 3 heterocycles. The van der Waals surface area contributed by atoms with Crippen molar-refractivity contribution in [2.24, 2.45) is 4.99 Å². The summed E-state index contributed by atoms with van der Waals surface area (Å²) in [6, 6.07) is 10.5. The number of nitrogens with one attached hydrogen (secondary N) is 2. The summed E-state index contributed by atoms with van der Waals surface area (Å²) in [5.74, 6) is 1.11. The van der Waals surface area contributed by atoms with Crippen molar-refractivity contribution in [3.63, 3.8) is 0 Å². The zero-order valence-corrected chi connectivity index (χ0v) is 17.7. The molecule has 0 radical (unpaired) electrons. The second kappa shape index (κ2) is 8.11. The molecule has 1 unspecified atom stereocenters. The minimum atomic E-state index is 0.417. The number of nitrogens with zero attached hydrogens (tertiary/aromatic N) is 2. The molecule has 150 valence electrons. The third-order valence-corrected chi connectivity index (χ3v) is 7.91. The van der Waals surface area contributed by atoms with Gasteiger partial charge in [-0.05, 0) is 57.8 Å². The fourth-order valence-corrected chi connectivity index (χ4v) is 6.19. The zero-order valence-electron chi connectivity index (χ0n) is 16.9. The van der Waals surface area contributed by atoms with Gasteiger partial charge in [0.25, 0.3) is 0 Å². The number of H-pyrrole nitrogens is 1. The number of aromatic nitrogens is 1. The van der Waals surface area contributed by atoms with Crippen LogP contribution in [0.15, 0.2) is 29.3 Å². The smallest absolute Gasteiger partial charge is 0.114 e. The Morgan fingerprint density at radius 2 is 1.96 bits per heavy atom. The molecule has 5 rings (SSSR count). The Kier molecular flexibility index (Phi) is 5.38. The van der Waals surface area contributed by atoms with E-state index in [0.717, 1.165) is 5.75 Å². The second-order valence-corrected chi connectivity index (χ2v) is 9.74. The van der Waals surface area contributed by atoms with Gasteiger partial charge in [-0.1, -0.05) is 31.4 Å². The summed E-state index contributed by atoms with van der Waals surface area (Å²) >= 11 is 1.92. The van der Waals surface area contributed by atoms with Crippen LogP contribution in [0.5, 0.6) is 0 Å². The molecule has 1 saturated heterocycles. The van der Waals surface area contributed by atoms with Gasteiger partial charge in [-0.25, -0.2) is 0 Å². The number of benzene rings is 1. The van der Waals surface area contributed by atoms with Crippen LogP contribution in [-0.4, -0.2) is 51.9 Å². The van der Waals surface area contributed by atoms with E-state index in [2.05, 4.69) is 46.4 Å². The molecule has 2 aromatic rings. The maximum atomic E-state index is 5.15. The molecular weight excluding hydrogens is 364 g/mol. The lowest BCUT2D eigenvalue weighted by Crippen LogP contribution is -2.43. The summed E-state index contributed by atoms with van der Waals surface area (Å²) in [6.45, 7) is 4.86. The van der Waals surface area contributed by atoms with Crippen LogP contribution < -0.4 is 5.32 Å². The summed E-state index contributed by atoms with van der Waals surface area (Å²) in [6.07, 6.45) is 9.38. The number of likely N-dealkylation sites (tertiary alicyclic amines) is 1. The number of hydrogen-bond acceptors (Lipinski definition) is 4. The molecule has 5 heteroatoms. The van der Waals surface area contributed by atoms with Crippen LogP contribution in [0, 0.1) is 0 Å². The Labute approximate surface area is 172 Å². The first kappa shape index (κ1) is 18.6. The maximum Gasteiger partial charge on any atom is 0.114 e. The largest absolute Gasteiger partial charge is 0.381 e. The Morgan fingerprint density at radius 1 is 1.14 bits per heavy atom. The quantitative estimate of drug-likeness (QED) is 0.724. The van der Waals surface area contributed by atoms with Crippen molar-refractivity contribution >= 4 is 33.4 Å². The molecule has 0 spiro atoms. The molecule has 4 nitrogen and oxygen atoms in total. The fourth-order valence-electron chi connectivity index (χ4n) is 5.03. The Hall–Kier alpha value is -1.46. The Morgan fingerprint density at radius 3 is 2.79 bits per heavy atom. The van der Waals surface area contributed by atoms with Gasteiger partial charge in [0.1, 0.15) is 5.04 Å². The predicted octanol–water partition coefficient (Wildman–Crippen LogP) is 5.26. The van der Waals surface area contributed by atoms with E-state index in [1.807, 2.05) is 11.8 Å². The molecule has 2 aliphatic heterocycles. The second-order valence-electron chi connectivity index (χ2n) is 8.73. The molecule has 1 saturated carbocycles. The van der Waals surface area contributed by atoms with Gasteiger partial charge in [-0.2, -0.15) is 0 Å². The lowest BCUT2D eigenvalue weighted by molar-refractivity contribution is 0.160. The summed E-state index contributed by atoms with van der Waals surface area (Å²) in [7, 11) is 0. The third-order valence-electron chi connectivity index (χ3n) is 6.80. The number of fused-ring (bicyclic) bond motifs is 1. The minimum absolute atomic E-state index is 0.417. The Bertz CT molecular complexity index is 845. The number of piperidine rings is 1. The van der Waals surface area contributed by atoms with Gasteiger partial charge in [-0.3, -0.25) is 9.89 Å². The average molecular weight is 397 g/mol. The van der Waals surface area contributed by atoms with E-state index in [-0.39, 0.29) is 0 Å². The summed E-state index contributed by atoms with van der Waals surface area (Å²) in [5, 5.41) is 6.25. The number of rotatable bonds is 5. The van der Waals surface area contributed by atoms with Crippen molar-refractivity contribution in [3.8, 4) is 0 Å². The lowest BCUT2D eigenvalue weighted by Gasteiger charge is -2.34. The normalized spacial score (nSPS) is 25.3. The maximum absolute atomic E-state index is 5.15. The van der Waals surface area contributed by atoms with Crippen molar-refractivity contribution in [2.75, 3.05) is 24.2 Å². The van der Waals surface area contributed by atoms with Gasteiger partial charge in [0.15, 0.2) is 0 Å². The van der Waals surface area contributed by atoms with Crippen LogP contribution in [-0.2, 0) is 0 Å². The van der Waals surface area contributed by atoms with Crippen molar-refractivity contribution in [1.82, 2.24) is 9.88 Å². The first-order chi connectivity index (χ1) is 13.8. The third kappa shape index (κ3) is 3.71. The van der Waals surface area contributed by atoms with Crippen LogP contribution in [0.4, 0.5) is 5.69 Å².